The molecule has 1 aromatic carbocycles. The number of aliphatic hydroxyl groups is 1. The first-order chi connectivity index (χ1) is 17.6. The van der Waals surface area contributed by atoms with Crippen LogP contribution in [0.1, 0.15) is 25.6 Å². The molecule has 14 heteroatoms. The summed E-state index contributed by atoms with van der Waals surface area (Å²) in [6.07, 6.45) is 2.28. The van der Waals surface area contributed by atoms with E-state index in [1.54, 1.807) is 19.1 Å². The lowest BCUT2D eigenvalue weighted by atomic mass is 10.2. The summed E-state index contributed by atoms with van der Waals surface area (Å²) in [6.45, 7) is 2.17. The maximum absolute atomic E-state index is 12.7. The van der Waals surface area contributed by atoms with E-state index in [0.29, 0.717) is 19.4 Å². The maximum atomic E-state index is 12.7. The van der Waals surface area contributed by atoms with Crippen LogP contribution in [0.25, 0.3) is 22.7 Å². The van der Waals surface area contributed by atoms with Gasteiger partial charge in [-0.05, 0) is 37.6 Å². The monoisotopic (exact) mass is 544 g/mol. The van der Waals surface area contributed by atoms with Crippen LogP contribution in [0.15, 0.2) is 40.7 Å². The Morgan fingerprint density at radius 2 is 2.05 bits per heavy atom. The molecule has 1 aliphatic carbocycles. The predicted molar refractivity (Wildman–Crippen MR) is 136 cm³/mol. The lowest BCUT2D eigenvalue weighted by Gasteiger charge is -2.15. The van der Waals surface area contributed by atoms with Crippen molar-refractivity contribution in [3.63, 3.8) is 0 Å². The third-order valence-electron chi connectivity index (χ3n) is 5.52. The fraction of sp³-hybridized carbons (Fsp3) is 0.304. The molecule has 0 atom stereocenters. The van der Waals surface area contributed by atoms with Gasteiger partial charge in [-0.25, -0.2) is 28.4 Å². The number of aromatic hydroxyl groups is 1. The topological polar surface area (TPSA) is 161 Å². The maximum Gasteiger partial charge on any atom is 0.236 e. The van der Waals surface area contributed by atoms with Gasteiger partial charge >= 0.3 is 0 Å². The fourth-order valence-electron chi connectivity index (χ4n) is 3.70. The first-order valence-corrected chi connectivity index (χ1v) is 13.1. The fourth-order valence-corrected chi connectivity index (χ4v) is 5.43. The highest BCUT2D eigenvalue weighted by molar-refractivity contribution is 7.92. The lowest BCUT2D eigenvalue weighted by Crippen LogP contribution is -2.27. The van der Waals surface area contributed by atoms with E-state index in [9.17, 15) is 18.6 Å². The molecule has 12 nitrogen and oxygen atoms in total. The lowest BCUT2D eigenvalue weighted by molar-refractivity contribution is 0.175. The van der Waals surface area contributed by atoms with Gasteiger partial charge in [0, 0.05) is 0 Å². The number of hydrogen-bond acceptors (Lipinski definition) is 10. The number of aliphatic imine (C=N–C) groups is 1. The number of hydrogen-bond donors (Lipinski definition) is 3. The summed E-state index contributed by atoms with van der Waals surface area (Å²) in [5.74, 6) is -0.292. The zero-order valence-electron chi connectivity index (χ0n) is 19.7. The van der Waals surface area contributed by atoms with Crippen molar-refractivity contribution < 1.29 is 28.1 Å². The largest absolute Gasteiger partial charge is 0.506 e. The molecule has 192 valence electrons. The van der Waals surface area contributed by atoms with E-state index in [4.69, 9.17) is 21.1 Å². The van der Waals surface area contributed by atoms with Gasteiger partial charge in [-0.2, -0.15) is 0 Å². The summed E-state index contributed by atoms with van der Waals surface area (Å²) >= 11 is 6.27. The van der Waals surface area contributed by atoms with Crippen LogP contribution in [0, 0.1) is 0 Å². The molecule has 0 spiro atoms. The zero-order chi connectivity index (χ0) is 26.4. The number of fused-ring (bicyclic) bond motifs is 1. The Morgan fingerprint density at radius 1 is 1.27 bits per heavy atom. The number of imidazole rings is 1. The molecule has 0 bridgehead atoms. The van der Waals surface area contributed by atoms with Gasteiger partial charge in [0.15, 0.2) is 33.8 Å². The van der Waals surface area contributed by atoms with E-state index in [1.165, 1.54) is 23.8 Å². The molecule has 3 aromatic rings. The standard InChI is InChI=1S/C23H21ClN6O6S/c1-3-36-16-9-4-6-13(25-16)21-28-20-22(30(21)17-14(31)7-5-8-15(17)35-2)27-19(18(24)26-20)29-37(33,34)12-23(32)10-11-23/h5,7-9,31-32H,3,10-12H2,1-2H3,(H,27,29). The van der Waals surface area contributed by atoms with Gasteiger partial charge < -0.3 is 19.7 Å². The number of ether oxygens (including phenoxy) is 2. The average molecular weight is 545 g/mol. The number of halogens is 1. The Bertz CT molecular complexity index is 1660. The molecular formula is C23H21ClN6O6S. The van der Waals surface area contributed by atoms with Crippen molar-refractivity contribution in [2.45, 2.75) is 25.4 Å². The number of nitrogens with one attached hydrogen (secondary N) is 1. The molecule has 2 aliphatic rings. The van der Waals surface area contributed by atoms with E-state index in [2.05, 4.69) is 36.1 Å². The summed E-state index contributed by atoms with van der Waals surface area (Å²) in [5.41, 5.74) is 4.82. The van der Waals surface area contributed by atoms with E-state index in [1.807, 2.05) is 0 Å². The number of phenolic OH excluding ortho intramolecular Hbond substituents is 1. The predicted octanol–water partition coefficient (Wildman–Crippen LogP) is 2.55. The molecule has 0 saturated heterocycles. The van der Waals surface area contributed by atoms with Crippen LogP contribution in [0.4, 0.5) is 5.82 Å². The smallest absolute Gasteiger partial charge is 0.236 e. The van der Waals surface area contributed by atoms with Crippen LogP contribution in [0.2, 0.25) is 5.15 Å². The molecular weight excluding hydrogens is 524 g/mol. The van der Waals surface area contributed by atoms with E-state index in [0.717, 1.165) is 0 Å². The Kier molecular flexibility index (Phi) is 6.18. The molecule has 1 aliphatic heterocycles. The van der Waals surface area contributed by atoms with Crippen LogP contribution in [-0.2, 0) is 14.8 Å². The molecule has 0 unspecified atom stereocenters. The number of para-hydroxylation sites is 1. The van der Waals surface area contributed by atoms with Crippen LogP contribution in [-0.4, -0.2) is 69.1 Å². The second-order valence-electron chi connectivity index (χ2n) is 8.34. The number of methoxy groups -OCH3 is 1. The van der Waals surface area contributed by atoms with Gasteiger partial charge in [-0.15, -0.1) is 0 Å². The van der Waals surface area contributed by atoms with Crippen molar-refractivity contribution in [3.8, 4) is 17.2 Å². The third-order valence-corrected chi connectivity index (χ3v) is 7.21. The number of aromatic nitrogens is 4. The van der Waals surface area contributed by atoms with Crippen LogP contribution >= 0.6 is 11.6 Å². The number of anilines is 1. The zero-order valence-corrected chi connectivity index (χ0v) is 21.3. The summed E-state index contributed by atoms with van der Waals surface area (Å²) in [7, 11) is -2.58. The second kappa shape index (κ2) is 9.22. The molecule has 0 amide bonds. The highest BCUT2D eigenvalue weighted by Gasteiger charge is 2.44. The van der Waals surface area contributed by atoms with E-state index in [-0.39, 0.29) is 56.9 Å². The number of phenols is 1. The summed E-state index contributed by atoms with van der Waals surface area (Å²) in [4.78, 5) is 17.5. The van der Waals surface area contributed by atoms with Crippen molar-refractivity contribution in [3.05, 3.63) is 46.7 Å². The van der Waals surface area contributed by atoms with Crippen LogP contribution in [0.3, 0.4) is 0 Å². The molecule has 1 fully saturated rings. The first kappa shape index (κ1) is 24.8. The summed E-state index contributed by atoms with van der Waals surface area (Å²) < 4.78 is 40.0. The highest BCUT2D eigenvalue weighted by atomic mass is 35.5. The summed E-state index contributed by atoms with van der Waals surface area (Å²) in [5, 5.41) is 20.6. The molecule has 37 heavy (non-hydrogen) atoms. The molecule has 2 aromatic heterocycles. The van der Waals surface area contributed by atoms with Crippen molar-refractivity contribution >= 4 is 50.3 Å². The minimum absolute atomic E-state index is 0.0334. The van der Waals surface area contributed by atoms with E-state index < -0.39 is 21.4 Å². The summed E-state index contributed by atoms with van der Waals surface area (Å²) in [6, 6.07) is 4.65. The van der Waals surface area contributed by atoms with Crippen LogP contribution < -0.4 is 9.46 Å². The van der Waals surface area contributed by atoms with Gasteiger partial charge in [0.1, 0.15) is 17.2 Å². The quantitative estimate of drug-likeness (QED) is 0.362. The average Bonchev–Trinajstić information content (AvgIpc) is 3.45. The Balaban J connectivity index is 1.73. The molecule has 5 rings (SSSR count). The number of rotatable bonds is 8. The third kappa shape index (κ3) is 4.91. The number of benzene rings is 1. The van der Waals surface area contributed by atoms with Gasteiger partial charge in [0.25, 0.3) is 0 Å². The number of sulfonamides is 1. The van der Waals surface area contributed by atoms with Crippen molar-refractivity contribution in [2.24, 2.45) is 4.99 Å². The number of nitrogens with zero attached hydrogens (tertiary/aromatic N) is 5. The Morgan fingerprint density at radius 3 is 2.76 bits per heavy atom. The molecule has 1 saturated carbocycles. The highest BCUT2D eigenvalue weighted by Crippen LogP contribution is 2.38. The van der Waals surface area contributed by atoms with Crippen molar-refractivity contribution in [2.75, 3.05) is 24.2 Å². The second-order valence-corrected chi connectivity index (χ2v) is 10.4. The molecule has 3 heterocycles. The van der Waals surface area contributed by atoms with Crippen LogP contribution in [0.5, 0.6) is 11.5 Å². The van der Waals surface area contributed by atoms with Gasteiger partial charge in [-0.1, -0.05) is 23.4 Å². The molecule has 3 N–H and O–H groups in total. The molecule has 0 radical (unpaired) electrons. The Hall–Kier alpha value is -3.86. The van der Waals surface area contributed by atoms with E-state index >= 15 is 0 Å². The van der Waals surface area contributed by atoms with Gasteiger partial charge in [-0.3, -0.25) is 9.29 Å². The Labute approximate surface area is 216 Å². The minimum Gasteiger partial charge on any atom is -0.506 e. The minimum atomic E-state index is -4.01. The van der Waals surface area contributed by atoms with Gasteiger partial charge in [0.2, 0.25) is 15.9 Å². The van der Waals surface area contributed by atoms with Crippen molar-refractivity contribution in [1.29, 1.82) is 0 Å². The van der Waals surface area contributed by atoms with Gasteiger partial charge in [0.05, 0.1) is 31.1 Å². The van der Waals surface area contributed by atoms with Crippen molar-refractivity contribution in [1.82, 2.24) is 19.5 Å². The normalized spacial score (nSPS) is 15.9. The first-order valence-electron chi connectivity index (χ1n) is 11.1. The SMILES string of the molecule is CCOC1=NC(c2nc3nc(Cl)c(NS(=O)(=O)CC4(O)CC4)nc3n2-c2c(O)cccc2OC)=C=C=C1.